The first-order valence-corrected chi connectivity index (χ1v) is 9.63. The zero-order valence-corrected chi connectivity index (χ0v) is 15.3. The van der Waals surface area contributed by atoms with E-state index >= 15 is 0 Å². The third-order valence-electron chi connectivity index (χ3n) is 5.09. The van der Waals surface area contributed by atoms with Crippen molar-refractivity contribution in [3.8, 4) is 6.01 Å². The third kappa shape index (κ3) is 3.86. The quantitative estimate of drug-likeness (QED) is 0.817. The molecule has 0 amide bonds. The van der Waals surface area contributed by atoms with Gasteiger partial charge in [0.05, 0.1) is 0 Å². The predicted molar refractivity (Wildman–Crippen MR) is 101 cm³/mol. The van der Waals surface area contributed by atoms with Crippen LogP contribution >= 0.6 is 0 Å². The van der Waals surface area contributed by atoms with Crippen molar-refractivity contribution < 1.29 is 4.74 Å². The second-order valence-electron chi connectivity index (χ2n) is 6.90. The molecule has 2 fully saturated rings. The molecule has 2 aliphatic rings. The Balaban J connectivity index is 1.42. The number of nitrogens with zero attached hydrogens (tertiary/aromatic N) is 6. The minimum absolute atomic E-state index is 0.166. The van der Waals surface area contributed by atoms with Crippen molar-refractivity contribution in [1.82, 2.24) is 19.9 Å². The van der Waals surface area contributed by atoms with E-state index in [9.17, 15) is 0 Å². The van der Waals surface area contributed by atoms with Gasteiger partial charge >= 0.3 is 6.01 Å². The molecule has 0 saturated carbocycles. The lowest BCUT2D eigenvalue weighted by molar-refractivity contribution is 0.156. The molecule has 0 aliphatic carbocycles. The second-order valence-corrected chi connectivity index (χ2v) is 6.90. The van der Waals surface area contributed by atoms with E-state index in [0.717, 1.165) is 62.9 Å². The first-order valence-electron chi connectivity index (χ1n) is 9.63. The van der Waals surface area contributed by atoms with Gasteiger partial charge in [0, 0.05) is 63.2 Å². The summed E-state index contributed by atoms with van der Waals surface area (Å²) in [5, 5.41) is 0. The number of anilines is 2. The van der Waals surface area contributed by atoms with Crippen LogP contribution < -0.4 is 14.5 Å². The molecule has 26 heavy (non-hydrogen) atoms. The molecule has 7 nitrogen and oxygen atoms in total. The van der Waals surface area contributed by atoms with Crippen LogP contribution in [0.2, 0.25) is 0 Å². The van der Waals surface area contributed by atoms with Gasteiger partial charge < -0.3 is 14.5 Å². The van der Waals surface area contributed by atoms with Gasteiger partial charge in [0.25, 0.3) is 0 Å². The number of hydrogen-bond acceptors (Lipinski definition) is 7. The van der Waals surface area contributed by atoms with Crippen LogP contribution in [0.1, 0.15) is 38.3 Å². The monoisotopic (exact) mass is 354 g/mol. The number of hydrogen-bond donors (Lipinski definition) is 0. The summed E-state index contributed by atoms with van der Waals surface area (Å²) >= 11 is 0. The molecule has 2 saturated heterocycles. The van der Waals surface area contributed by atoms with Crippen molar-refractivity contribution in [2.45, 2.75) is 45.1 Å². The van der Waals surface area contributed by atoms with Crippen LogP contribution in [0.5, 0.6) is 6.01 Å². The Bertz CT molecular complexity index is 711. The maximum Gasteiger partial charge on any atom is 0.316 e. The number of piperidine rings is 1. The van der Waals surface area contributed by atoms with E-state index in [4.69, 9.17) is 14.7 Å². The molecule has 0 spiro atoms. The first kappa shape index (κ1) is 17.0. The van der Waals surface area contributed by atoms with Crippen molar-refractivity contribution in [3.05, 3.63) is 30.2 Å². The fourth-order valence-electron chi connectivity index (χ4n) is 3.57. The Morgan fingerprint density at radius 2 is 1.73 bits per heavy atom. The number of rotatable bonds is 5. The lowest BCUT2D eigenvalue weighted by atomic mass is 10.1. The molecule has 7 heteroatoms. The topological polar surface area (TPSA) is 67.3 Å². The zero-order chi connectivity index (χ0) is 17.8. The molecule has 2 aromatic heterocycles. The summed E-state index contributed by atoms with van der Waals surface area (Å²) in [6.45, 7) is 6.15. The molecular weight excluding hydrogens is 328 g/mol. The van der Waals surface area contributed by atoms with E-state index in [-0.39, 0.29) is 6.10 Å². The van der Waals surface area contributed by atoms with Gasteiger partial charge in [-0.05, 0) is 25.3 Å². The summed E-state index contributed by atoms with van der Waals surface area (Å²) < 4.78 is 5.90. The zero-order valence-electron chi connectivity index (χ0n) is 15.3. The fraction of sp³-hybridized carbons (Fsp3) is 0.579. The van der Waals surface area contributed by atoms with Crippen molar-refractivity contribution in [3.63, 3.8) is 0 Å². The highest BCUT2D eigenvalue weighted by molar-refractivity contribution is 5.47. The summed E-state index contributed by atoms with van der Waals surface area (Å²) in [7, 11) is 0. The van der Waals surface area contributed by atoms with E-state index in [0.29, 0.717) is 6.01 Å². The number of aryl methyl sites for hydroxylation is 1. The minimum atomic E-state index is 0.166. The van der Waals surface area contributed by atoms with Crippen molar-refractivity contribution in [2.75, 3.05) is 36.0 Å². The average molecular weight is 354 g/mol. The highest BCUT2D eigenvalue weighted by Gasteiger charge is 2.24. The molecule has 0 atom stereocenters. The molecule has 4 heterocycles. The van der Waals surface area contributed by atoms with Crippen molar-refractivity contribution >= 4 is 11.8 Å². The van der Waals surface area contributed by atoms with Crippen LogP contribution in [0, 0.1) is 0 Å². The molecule has 4 rings (SSSR count). The van der Waals surface area contributed by atoms with Crippen LogP contribution in [0.15, 0.2) is 24.5 Å². The van der Waals surface area contributed by atoms with E-state index in [1.807, 2.05) is 0 Å². The van der Waals surface area contributed by atoms with Gasteiger partial charge in [0.15, 0.2) is 0 Å². The van der Waals surface area contributed by atoms with Crippen LogP contribution in [0.4, 0.5) is 11.8 Å². The van der Waals surface area contributed by atoms with Gasteiger partial charge in [-0.3, -0.25) is 0 Å². The molecular formula is C19H26N6O. The first-order chi connectivity index (χ1) is 12.8. The van der Waals surface area contributed by atoms with E-state index in [1.54, 1.807) is 18.5 Å². The molecule has 0 bridgehead atoms. The van der Waals surface area contributed by atoms with Crippen LogP contribution in [0.25, 0.3) is 0 Å². The standard InChI is InChI=1S/C19H26N6O/c1-2-15-14-17(23-18(22-15)25-10-3-4-11-25)24-12-6-16(7-13-24)26-19-20-8-5-9-21-19/h5,8-9,14,16H,2-4,6-7,10-13H2,1H3. The Labute approximate surface area is 154 Å². The summed E-state index contributed by atoms with van der Waals surface area (Å²) in [6.07, 6.45) is 8.89. The minimum Gasteiger partial charge on any atom is -0.460 e. The smallest absolute Gasteiger partial charge is 0.316 e. The highest BCUT2D eigenvalue weighted by atomic mass is 16.5. The SMILES string of the molecule is CCc1cc(N2CCC(Oc3ncccn3)CC2)nc(N2CCCC2)n1. The Kier molecular flexibility index (Phi) is 5.13. The summed E-state index contributed by atoms with van der Waals surface area (Å²) in [5.74, 6) is 1.95. The van der Waals surface area contributed by atoms with Gasteiger partial charge in [-0.25, -0.2) is 15.0 Å². The molecule has 0 N–H and O–H groups in total. The lowest BCUT2D eigenvalue weighted by Crippen LogP contribution is -2.39. The van der Waals surface area contributed by atoms with E-state index in [1.165, 1.54) is 12.8 Å². The molecule has 0 radical (unpaired) electrons. The molecule has 2 aliphatic heterocycles. The van der Waals surface area contributed by atoms with Crippen molar-refractivity contribution in [1.29, 1.82) is 0 Å². The van der Waals surface area contributed by atoms with Crippen molar-refractivity contribution in [2.24, 2.45) is 0 Å². The second kappa shape index (κ2) is 7.85. The maximum absolute atomic E-state index is 5.90. The van der Waals surface area contributed by atoms with E-state index < -0.39 is 0 Å². The predicted octanol–water partition coefficient (Wildman–Crippen LogP) is 2.48. The van der Waals surface area contributed by atoms with Gasteiger partial charge in [-0.1, -0.05) is 6.92 Å². The number of aromatic nitrogens is 4. The largest absolute Gasteiger partial charge is 0.460 e. The molecule has 138 valence electrons. The van der Waals surface area contributed by atoms with Gasteiger partial charge in [-0.2, -0.15) is 4.98 Å². The normalized spacial score (nSPS) is 18.3. The lowest BCUT2D eigenvalue weighted by Gasteiger charge is -2.33. The Hall–Kier alpha value is -2.44. The van der Waals surface area contributed by atoms with Gasteiger partial charge in [-0.15, -0.1) is 0 Å². The van der Waals surface area contributed by atoms with Crippen LogP contribution in [0.3, 0.4) is 0 Å². The van der Waals surface area contributed by atoms with Gasteiger partial charge in [0.1, 0.15) is 11.9 Å². The number of ether oxygens (including phenoxy) is 1. The summed E-state index contributed by atoms with van der Waals surface area (Å²) in [5.41, 5.74) is 1.12. The average Bonchev–Trinajstić information content (AvgIpc) is 3.24. The maximum atomic E-state index is 5.90. The molecule has 2 aromatic rings. The Morgan fingerprint density at radius 3 is 2.42 bits per heavy atom. The Morgan fingerprint density at radius 1 is 1.00 bits per heavy atom. The van der Waals surface area contributed by atoms with Crippen LogP contribution in [-0.2, 0) is 6.42 Å². The van der Waals surface area contributed by atoms with Crippen LogP contribution in [-0.4, -0.2) is 52.2 Å². The third-order valence-corrected chi connectivity index (χ3v) is 5.09. The highest BCUT2D eigenvalue weighted by Crippen LogP contribution is 2.24. The fourth-order valence-corrected chi connectivity index (χ4v) is 3.57. The van der Waals surface area contributed by atoms with E-state index in [2.05, 4.69) is 32.8 Å². The summed E-state index contributed by atoms with van der Waals surface area (Å²) in [4.78, 5) is 22.6. The molecule has 0 aromatic carbocycles. The van der Waals surface area contributed by atoms with Gasteiger partial charge in [0.2, 0.25) is 5.95 Å². The molecule has 0 unspecified atom stereocenters. The summed E-state index contributed by atoms with van der Waals surface area (Å²) in [6, 6.07) is 4.41.